The average Bonchev–Trinajstić information content (AvgIpc) is 1.83. The smallest absolute Gasteiger partial charge is 0.0911 e. The second-order valence-corrected chi connectivity index (χ2v) is 2.05. The molecule has 0 aliphatic carbocycles. The molecule has 0 amide bonds. The van der Waals surface area contributed by atoms with Crippen LogP contribution in [0.15, 0.2) is 5.10 Å². The second-order valence-electron chi connectivity index (χ2n) is 2.05. The van der Waals surface area contributed by atoms with Crippen molar-refractivity contribution in [2.45, 2.75) is 13.0 Å². The summed E-state index contributed by atoms with van der Waals surface area (Å²) in [5.41, 5.74) is 0. The molecule has 0 saturated carbocycles. The lowest BCUT2D eigenvalue weighted by Crippen LogP contribution is -2.10. The number of rotatable bonds is 3. The predicted octanol–water partition coefficient (Wildman–Crippen LogP) is 0.569. The molecule has 9 heavy (non-hydrogen) atoms. The topological polar surface area (TPSA) is 24.8 Å². The van der Waals surface area contributed by atoms with Gasteiger partial charge >= 0.3 is 0 Å². The van der Waals surface area contributed by atoms with Gasteiger partial charge in [0.1, 0.15) is 0 Å². The van der Waals surface area contributed by atoms with Gasteiger partial charge in [0.2, 0.25) is 0 Å². The van der Waals surface area contributed by atoms with Gasteiger partial charge < -0.3 is 9.75 Å². The minimum atomic E-state index is 0.104. The van der Waals surface area contributed by atoms with Crippen molar-refractivity contribution in [1.29, 1.82) is 0 Å². The molecule has 0 aromatic rings. The number of ether oxygens (including phenoxy) is 1. The molecule has 0 saturated heterocycles. The molecule has 0 aliphatic rings. The maximum atomic E-state index is 4.92. The molecule has 1 atom stereocenters. The van der Waals surface area contributed by atoms with Crippen LogP contribution in [-0.4, -0.2) is 38.5 Å². The fourth-order valence-electron chi connectivity index (χ4n) is 0.288. The highest BCUT2D eigenvalue weighted by atomic mass is 16.5. The minimum Gasteiger partial charge on any atom is -0.376 e. The molecule has 1 unspecified atom stereocenters. The number of nitrogens with zero attached hydrogens (tertiary/aromatic N) is 2. The Morgan fingerprint density at radius 1 is 1.56 bits per heavy atom. The Kier molecular flexibility index (Phi) is 4.05. The summed E-state index contributed by atoms with van der Waals surface area (Å²) in [5.74, 6) is 0. The molecule has 3 heteroatoms. The van der Waals surface area contributed by atoms with E-state index < -0.39 is 0 Å². The van der Waals surface area contributed by atoms with Crippen molar-refractivity contribution in [2.24, 2.45) is 5.10 Å². The van der Waals surface area contributed by atoms with Crippen LogP contribution in [0.4, 0.5) is 0 Å². The third kappa shape index (κ3) is 5.30. The van der Waals surface area contributed by atoms with Gasteiger partial charge in [-0.15, -0.1) is 0 Å². The average molecular weight is 130 g/mol. The summed E-state index contributed by atoms with van der Waals surface area (Å²) in [6.07, 6.45) is 1.85. The van der Waals surface area contributed by atoms with Crippen LogP contribution in [0.5, 0.6) is 0 Å². The van der Waals surface area contributed by atoms with Gasteiger partial charge in [0.05, 0.1) is 12.3 Å². The molecule has 0 N–H and O–H groups in total. The summed E-state index contributed by atoms with van der Waals surface area (Å²) in [6, 6.07) is 0. The molecule has 3 nitrogen and oxygen atoms in total. The maximum absolute atomic E-state index is 4.92. The largest absolute Gasteiger partial charge is 0.376 e. The van der Waals surface area contributed by atoms with Crippen molar-refractivity contribution in [2.75, 3.05) is 21.2 Å². The summed E-state index contributed by atoms with van der Waals surface area (Å²) in [4.78, 5) is 0. The lowest BCUT2D eigenvalue weighted by molar-refractivity contribution is 0.173. The summed E-state index contributed by atoms with van der Waals surface area (Å²) in [5, 5.41) is 5.71. The Morgan fingerprint density at radius 3 is 2.44 bits per heavy atom. The number of methoxy groups -OCH3 is 1. The third-order valence-corrected chi connectivity index (χ3v) is 0.879. The Bertz CT molecular complexity index is 91.1. The standard InChI is InChI=1S/C6H14N2O/c1-6(9-4)5-7-8(2)3/h5-6H,1-4H3/b7-5+. The third-order valence-electron chi connectivity index (χ3n) is 0.879. The fraction of sp³-hybridized carbons (Fsp3) is 0.833. The Hall–Kier alpha value is -0.570. The van der Waals surface area contributed by atoms with Gasteiger partial charge in [-0.2, -0.15) is 5.10 Å². The van der Waals surface area contributed by atoms with E-state index in [0.29, 0.717) is 0 Å². The molecule has 0 rings (SSSR count). The highest BCUT2D eigenvalue weighted by Crippen LogP contribution is 1.82. The van der Waals surface area contributed by atoms with Crippen LogP contribution in [0.3, 0.4) is 0 Å². The second kappa shape index (κ2) is 4.32. The van der Waals surface area contributed by atoms with Crippen LogP contribution in [0.2, 0.25) is 0 Å². The van der Waals surface area contributed by atoms with Crippen molar-refractivity contribution >= 4 is 6.21 Å². The first-order valence-corrected chi connectivity index (χ1v) is 2.91. The van der Waals surface area contributed by atoms with Crippen LogP contribution in [0, 0.1) is 0 Å². The quantitative estimate of drug-likeness (QED) is 0.412. The van der Waals surface area contributed by atoms with E-state index in [9.17, 15) is 0 Å². The van der Waals surface area contributed by atoms with E-state index in [1.54, 1.807) is 18.3 Å². The van der Waals surface area contributed by atoms with E-state index in [1.165, 1.54) is 0 Å². The molecule has 0 aromatic carbocycles. The van der Waals surface area contributed by atoms with Gasteiger partial charge in [-0.1, -0.05) is 0 Å². The molecular weight excluding hydrogens is 116 g/mol. The SMILES string of the molecule is COC(C)/C=N/N(C)C. The van der Waals surface area contributed by atoms with Crippen LogP contribution in [0.1, 0.15) is 6.92 Å². The van der Waals surface area contributed by atoms with Crippen molar-refractivity contribution in [3.05, 3.63) is 0 Å². The van der Waals surface area contributed by atoms with E-state index in [4.69, 9.17) is 4.74 Å². The zero-order valence-electron chi connectivity index (χ0n) is 6.46. The lowest BCUT2D eigenvalue weighted by Gasteiger charge is -2.05. The number of hydrogen-bond donors (Lipinski definition) is 0. The minimum absolute atomic E-state index is 0.104. The number of hydrazone groups is 1. The van der Waals surface area contributed by atoms with E-state index >= 15 is 0 Å². The molecule has 0 radical (unpaired) electrons. The molecule has 0 fully saturated rings. The Balaban J connectivity index is 3.43. The monoisotopic (exact) mass is 130 g/mol. The van der Waals surface area contributed by atoms with E-state index in [-0.39, 0.29) is 6.10 Å². The van der Waals surface area contributed by atoms with Gasteiger partial charge in [-0.25, -0.2) is 0 Å². The fourth-order valence-corrected chi connectivity index (χ4v) is 0.288. The molecule has 0 aliphatic heterocycles. The summed E-state index contributed by atoms with van der Waals surface area (Å²) in [6.45, 7) is 1.94. The molecule has 54 valence electrons. The van der Waals surface area contributed by atoms with Gasteiger partial charge in [0, 0.05) is 21.2 Å². The first kappa shape index (κ1) is 8.43. The van der Waals surface area contributed by atoms with Gasteiger partial charge in [0.15, 0.2) is 0 Å². The van der Waals surface area contributed by atoms with E-state index in [0.717, 1.165) is 0 Å². The molecule has 0 bridgehead atoms. The molecule has 0 heterocycles. The molecule has 0 aromatic heterocycles. The summed E-state index contributed by atoms with van der Waals surface area (Å²) in [7, 11) is 5.41. The van der Waals surface area contributed by atoms with E-state index in [2.05, 4.69) is 5.10 Å². The van der Waals surface area contributed by atoms with Gasteiger partial charge in [-0.3, -0.25) is 0 Å². The first-order valence-electron chi connectivity index (χ1n) is 2.91. The lowest BCUT2D eigenvalue weighted by atomic mass is 10.5. The van der Waals surface area contributed by atoms with Crippen molar-refractivity contribution in [3.63, 3.8) is 0 Å². The maximum Gasteiger partial charge on any atom is 0.0911 e. The van der Waals surface area contributed by atoms with E-state index in [1.807, 2.05) is 21.0 Å². The van der Waals surface area contributed by atoms with Crippen LogP contribution < -0.4 is 0 Å². The number of hydrogen-bond acceptors (Lipinski definition) is 3. The molecular formula is C6H14N2O. The van der Waals surface area contributed by atoms with Crippen molar-refractivity contribution in [3.8, 4) is 0 Å². The van der Waals surface area contributed by atoms with Gasteiger partial charge in [0.25, 0.3) is 0 Å². The predicted molar refractivity (Wildman–Crippen MR) is 38.6 cm³/mol. The Labute approximate surface area is 56.3 Å². The van der Waals surface area contributed by atoms with Gasteiger partial charge in [-0.05, 0) is 6.92 Å². The summed E-state index contributed by atoms with van der Waals surface area (Å²) >= 11 is 0. The van der Waals surface area contributed by atoms with Crippen molar-refractivity contribution in [1.82, 2.24) is 5.01 Å². The van der Waals surface area contributed by atoms with Crippen LogP contribution in [-0.2, 0) is 4.74 Å². The first-order chi connectivity index (χ1) is 4.16. The highest BCUT2D eigenvalue weighted by molar-refractivity contribution is 5.61. The summed E-state index contributed by atoms with van der Waals surface area (Å²) < 4.78 is 4.92. The normalized spacial score (nSPS) is 14.2. The van der Waals surface area contributed by atoms with Crippen LogP contribution in [0.25, 0.3) is 0 Å². The highest BCUT2D eigenvalue weighted by Gasteiger charge is 1.90. The zero-order chi connectivity index (χ0) is 7.28. The Morgan fingerprint density at radius 2 is 2.11 bits per heavy atom. The van der Waals surface area contributed by atoms with Crippen LogP contribution >= 0.6 is 0 Å². The zero-order valence-corrected chi connectivity index (χ0v) is 6.46. The van der Waals surface area contributed by atoms with Crippen molar-refractivity contribution < 1.29 is 4.74 Å². The molecule has 0 spiro atoms.